The van der Waals surface area contributed by atoms with Crippen LogP contribution in [0.3, 0.4) is 0 Å². The fraction of sp³-hybridized carbons (Fsp3) is 0.250. The van der Waals surface area contributed by atoms with E-state index in [1.54, 1.807) is 24.3 Å². The summed E-state index contributed by atoms with van der Waals surface area (Å²) in [6.07, 6.45) is 0. The van der Waals surface area contributed by atoms with Crippen molar-refractivity contribution in [3.63, 3.8) is 0 Å². The highest BCUT2D eigenvalue weighted by molar-refractivity contribution is 6.01. The largest absolute Gasteiger partial charge is 0.484 e. The van der Waals surface area contributed by atoms with Crippen LogP contribution < -0.4 is 15.4 Å². The van der Waals surface area contributed by atoms with E-state index in [-0.39, 0.29) is 31.5 Å². The van der Waals surface area contributed by atoms with Crippen molar-refractivity contribution >= 4 is 23.5 Å². The molecule has 1 saturated heterocycles. The monoisotopic (exact) mass is 367 g/mol. The van der Waals surface area contributed by atoms with E-state index in [2.05, 4.69) is 10.6 Å². The van der Waals surface area contributed by atoms with E-state index in [0.717, 1.165) is 21.6 Å². The van der Waals surface area contributed by atoms with Gasteiger partial charge in [0.25, 0.3) is 5.91 Å². The van der Waals surface area contributed by atoms with Crippen molar-refractivity contribution in [2.24, 2.45) is 0 Å². The average Bonchev–Trinajstić information content (AvgIpc) is 2.95. The summed E-state index contributed by atoms with van der Waals surface area (Å²) in [5.41, 5.74) is 3.58. The van der Waals surface area contributed by atoms with Crippen molar-refractivity contribution in [3.05, 3.63) is 59.2 Å². The predicted octanol–water partition coefficient (Wildman–Crippen LogP) is 2.37. The molecule has 3 rings (SSSR count). The number of benzene rings is 2. The topological polar surface area (TPSA) is 87.7 Å². The highest BCUT2D eigenvalue weighted by Crippen LogP contribution is 2.17. The first-order chi connectivity index (χ1) is 12.9. The number of nitrogens with zero attached hydrogens (tertiary/aromatic N) is 1. The second kappa shape index (κ2) is 7.90. The summed E-state index contributed by atoms with van der Waals surface area (Å²) in [5, 5.41) is 5.24. The van der Waals surface area contributed by atoms with Gasteiger partial charge in [-0.05, 0) is 54.8 Å². The Morgan fingerprint density at radius 1 is 1.15 bits per heavy atom. The summed E-state index contributed by atoms with van der Waals surface area (Å²) >= 11 is 0. The molecule has 140 valence electrons. The van der Waals surface area contributed by atoms with E-state index in [1.165, 1.54) is 0 Å². The Labute approximate surface area is 157 Å². The van der Waals surface area contributed by atoms with Crippen LogP contribution >= 0.6 is 0 Å². The molecule has 0 atom stereocenters. The molecule has 4 amide bonds. The first-order valence-electron chi connectivity index (χ1n) is 8.59. The normalized spacial score (nSPS) is 13.5. The van der Waals surface area contributed by atoms with Crippen LogP contribution in [0.4, 0.5) is 10.5 Å². The Balaban J connectivity index is 1.57. The third-order valence-corrected chi connectivity index (χ3v) is 4.34. The molecule has 0 unspecified atom stereocenters. The van der Waals surface area contributed by atoms with Crippen LogP contribution in [0.25, 0.3) is 0 Å². The van der Waals surface area contributed by atoms with Gasteiger partial charge in [0.05, 0.1) is 13.1 Å². The molecule has 2 aromatic carbocycles. The summed E-state index contributed by atoms with van der Waals surface area (Å²) in [7, 11) is 0. The first-order valence-corrected chi connectivity index (χ1v) is 8.59. The van der Waals surface area contributed by atoms with Gasteiger partial charge in [0.15, 0.2) is 6.61 Å². The minimum Gasteiger partial charge on any atom is -0.484 e. The number of carbonyl (C=O) groups excluding carboxylic acids is 3. The number of nitrogens with one attached hydrogen (secondary N) is 2. The minimum atomic E-state index is -0.406. The molecule has 1 aliphatic rings. The molecule has 0 spiro atoms. The van der Waals surface area contributed by atoms with Gasteiger partial charge in [-0.2, -0.15) is 0 Å². The lowest BCUT2D eigenvalue weighted by Gasteiger charge is -2.13. The molecule has 1 aliphatic heterocycles. The number of hydrogen-bond donors (Lipinski definition) is 2. The lowest BCUT2D eigenvalue weighted by atomic mass is 10.1. The number of anilines is 1. The number of imide groups is 1. The Morgan fingerprint density at radius 2 is 1.96 bits per heavy atom. The summed E-state index contributed by atoms with van der Waals surface area (Å²) in [6, 6.07) is 12.3. The highest BCUT2D eigenvalue weighted by atomic mass is 16.5. The standard InChI is InChI=1S/C20H21N3O4/c1-13-6-7-17(8-14(13)2)27-12-18(24)22-16-5-3-4-15(9-16)11-23-19(25)10-21-20(23)26/h3-9H,10-12H2,1-2H3,(H,21,26)(H,22,24). The number of urea groups is 1. The quantitative estimate of drug-likeness (QED) is 0.768. The van der Waals surface area contributed by atoms with Crippen molar-refractivity contribution in [3.8, 4) is 5.75 Å². The minimum absolute atomic E-state index is 0.0189. The van der Waals surface area contributed by atoms with Crippen LogP contribution in [0.5, 0.6) is 5.75 Å². The first kappa shape index (κ1) is 18.4. The molecule has 0 saturated carbocycles. The lowest BCUT2D eigenvalue weighted by Crippen LogP contribution is -2.30. The second-order valence-electron chi connectivity index (χ2n) is 6.42. The predicted molar refractivity (Wildman–Crippen MR) is 100 cm³/mol. The van der Waals surface area contributed by atoms with Crippen LogP contribution in [0.2, 0.25) is 0 Å². The van der Waals surface area contributed by atoms with Crippen molar-refractivity contribution in [2.75, 3.05) is 18.5 Å². The van der Waals surface area contributed by atoms with Crippen molar-refractivity contribution in [1.82, 2.24) is 10.2 Å². The van der Waals surface area contributed by atoms with Crippen LogP contribution in [0.15, 0.2) is 42.5 Å². The second-order valence-corrected chi connectivity index (χ2v) is 6.42. The number of hydrogen-bond acceptors (Lipinski definition) is 4. The molecule has 1 fully saturated rings. The smallest absolute Gasteiger partial charge is 0.324 e. The Hall–Kier alpha value is -3.35. The number of ether oxygens (including phenoxy) is 1. The molecule has 2 N–H and O–H groups in total. The maximum atomic E-state index is 12.1. The van der Waals surface area contributed by atoms with Gasteiger partial charge in [0.1, 0.15) is 5.75 Å². The van der Waals surface area contributed by atoms with E-state index in [4.69, 9.17) is 4.74 Å². The maximum Gasteiger partial charge on any atom is 0.324 e. The number of rotatable bonds is 6. The summed E-state index contributed by atoms with van der Waals surface area (Å²) in [5.74, 6) is 0.0807. The molecule has 2 aromatic rings. The van der Waals surface area contributed by atoms with Gasteiger partial charge in [-0.25, -0.2) is 4.79 Å². The molecular formula is C20H21N3O4. The molecule has 0 aliphatic carbocycles. The molecule has 0 bridgehead atoms. The van der Waals surface area contributed by atoms with E-state index in [0.29, 0.717) is 11.4 Å². The van der Waals surface area contributed by atoms with Gasteiger partial charge in [-0.3, -0.25) is 14.5 Å². The SMILES string of the molecule is Cc1ccc(OCC(=O)Nc2cccc(CN3C(=O)CNC3=O)c2)cc1C. The highest BCUT2D eigenvalue weighted by Gasteiger charge is 2.28. The third-order valence-electron chi connectivity index (χ3n) is 4.34. The van der Waals surface area contributed by atoms with Crippen LogP contribution in [0.1, 0.15) is 16.7 Å². The number of aryl methyl sites for hydroxylation is 2. The van der Waals surface area contributed by atoms with E-state index in [9.17, 15) is 14.4 Å². The molecule has 7 nitrogen and oxygen atoms in total. The van der Waals surface area contributed by atoms with Crippen molar-refractivity contribution < 1.29 is 19.1 Å². The summed E-state index contributed by atoms with van der Waals surface area (Å²) < 4.78 is 5.52. The van der Waals surface area contributed by atoms with Gasteiger partial charge in [-0.15, -0.1) is 0 Å². The van der Waals surface area contributed by atoms with Crippen LogP contribution in [-0.2, 0) is 16.1 Å². The van der Waals surface area contributed by atoms with Crippen LogP contribution in [0, 0.1) is 13.8 Å². The fourth-order valence-corrected chi connectivity index (χ4v) is 2.69. The lowest BCUT2D eigenvalue weighted by molar-refractivity contribution is -0.125. The zero-order valence-electron chi connectivity index (χ0n) is 15.2. The zero-order chi connectivity index (χ0) is 19.4. The molecule has 0 aromatic heterocycles. The number of amides is 4. The molecule has 27 heavy (non-hydrogen) atoms. The van der Waals surface area contributed by atoms with Gasteiger partial charge in [-0.1, -0.05) is 18.2 Å². The molecular weight excluding hydrogens is 346 g/mol. The average molecular weight is 367 g/mol. The molecule has 0 radical (unpaired) electrons. The third kappa shape index (κ3) is 4.63. The van der Waals surface area contributed by atoms with E-state index in [1.807, 2.05) is 32.0 Å². The van der Waals surface area contributed by atoms with E-state index >= 15 is 0 Å². The molecule has 7 heteroatoms. The van der Waals surface area contributed by atoms with E-state index < -0.39 is 6.03 Å². The van der Waals surface area contributed by atoms with Crippen LogP contribution in [-0.4, -0.2) is 35.9 Å². The molecule has 1 heterocycles. The summed E-state index contributed by atoms with van der Waals surface area (Å²) in [6.45, 7) is 4.07. The Morgan fingerprint density at radius 3 is 2.67 bits per heavy atom. The Bertz CT molecular complexity index is 879. The zero-order valence-corrected chi connectivity index (χ0v) is 15.2. The fourth-order valence-electron chi connectivity index (χ4n) is 2.69. The van der Waals surface area contributed by atoms with Crippen molar-refractivity contribution in [2.45, 2.75) is 20.4 Å². The summed E-state index contributed by atoms with van der Waals surface area (Å²) in [4.78, 5) is 36.6. The number of carbonyl (C=O) groups is 3. The Kier molecular flexibility index (Phi) is 5.40. The van der Waals surface area contributed by atoms with Gasteiger partial charge >= 0.3 is 6.03 Å². The van der Waals surface area contributed by atoms with Crippen molar-refractivity contribution in [1.29, 1.82) is 0 Å². The van der Waals surface area contributed by atoms with Gasteiger partial charge < -0.3 is 15.4 Å². The van der Waals surface area contributed by atoms with Gasteiger partial charge in [0.2, 0.25) is 5.91 Å². The maximum absolute atomic E-state index is 12.1. The van der Waals surface area contributed by atoms with Gasteiger partial charge in [0, 0.05) is 5.69 Å².